The average Bonchev–Trinajstić information content (AvgIpc) is 2.25. The molecule has 0 amide bonds. The molecule has 0 bridgehead atoms. The van der Waals surface area contributed by atoms with Crippen molar-refractivity contribution in [2.45, 2.75) is 6.04 Å². The van der Waals surface area contributed by atoms with Crippen molar-refractivity contribution in [1.29, 1.82) is 0 Å². The largest absolute Gasteiger partial charge is 0.480 e. The van der Waals surface area contributed by atoms with Gasteiger partial charge < -0.3 is 19.7 Å². The molecule has 0 spiro atoms. The number of aliphatic hydroxyl groups excluding tert-OH is 1. The third-order valence-electron chi connectivity index (χ3n) is 1.88. The maximum Gasteiger partial charge on any atom is 0.446 e. The number of carbonyl (C=O) groups is 1. The van der Waals surface area contributed by atoms with Crippen LogP contribution in [0.5, 0.6) is 5.75 Å². The van der Waals surface area contributed by atoms with E-state index >= 15 is 0 Å². The summed E-state index contributed by atoms with van der Waals surface area (Å²) in [7, 11) is -4.59. The molecule has 0 aliphatic rings. The molecule has 1 aromatic rings. The molecule has 0 aliphatic carbocycles. The molecule has 0 heterocycles. The van der Waals surface area contributed by atoms with Gasteiger partial charge in [-0.2, -0.15) is 8.42 Å². The molecule has 1 rings (SSSR count). The highest BCUT2D eigenvalue weighted by Gasteiger charge is 2.15. The number of carboxylic acids is 1. The van der Waals surface area contributed by atoms with Gasteiger partial charge >= 0.3 is 16.4 Å². The lowest BCUT2D eigenvalue weighted by Crippen LogP contribution is -2.32. The number of rotatable bonds is 6. The van der Waals surface area contributed by atoms with Crippen LogP contribution in [-0.4, -0.2) is 41.8 Å². The van der Waals surface area contributed by atoms with E-state index in [1.54, 1.807) is 0 Å². The van der Waals surface area contributed by atoms with E-state index in [0.29, 0.717) is 5.69 Å². The van der Waals surface area contributed by atoms with Crippen LogP contribution in [0, 0.1) is 0 Å². The number of nitrogens with one attached hydrogen (secondary N) is 1. The van der Waals surface area contributed by atoms with Gasteiger partial charge in [-0.05, 0) is 24.3 Å². The lowest BCUT2D eigenvalue weighted by atomic mass is 10.2. The minimum Gasteiger partial charge on any atom is -0.480 e. The minimum absolute atomic E-state index is 0.126. The maximum atomic E-state index is 10.6. The highest BCUT2D eigenvalue weighted by molar-refractivity contribution is 7.81. The smallest absolute Gasteiger partial charge is 0.446 e. The lowest BCUT2D eigenvalue weighted by molar-refractivity contribution is -0.138. The molecular formula is C9H11NO7S. The predicted octanol–water partition coefficient (Wildman–Crippen LogP) is -0.274. The highest BCUT2D eigenvalue weighted by Crippen LogP contribution is 2.17. The second kappa shape index (κ2) is 5.67. The minimum atomic E-state index is -4.59. The van der Waals surface area contributed by atoms with Crippen molar-refractivity contribution in [3.63, 3.8) is 0 Å². The van der Waals surface area contributed by atoms with Gasteiger partial charge in [0.25, 0.3) is 0 Å². The van der Waals surface area contributed by atoms with Crippen molar-refractivity contribution >= 4 is 22.1 Å². The molecule has 4 N–H and O–H groups in total. The SMILES string of the molecule is O=C(O)[C@H](CO)Nc1ccc(OS(=O)(=O)O)cc1. The van der Waals surface area contributed by atoms with Crippen LogP contribution < -0.4 is 9.50 Å². The summed E-state index contributed by atoms with van der Waals surface area (Å²) in [4.78, 5) is 10.6. The Kier molecular flexibility index (Phi) is 4.48. The van der Waals surface area contributed by atoms with Crippen molar-refractivity contribution < 1.29 is 32.2 Å². The van der Waals surface area contributed by atoms with Gasteiger partial charge in [-0.15, -0.1) is 0 Å². The number of anilines is 1. The number of hydrogen-bond donors (Lipinski definition) is 4. The molecule has 9 heteroatoms. The van der Waals surface area contributed by atoms with E-state index in [9.17, 15) is 13.2 Å². The Labute approximate surface area is 103 Å². The number of benzene rings is 1. The van der Waals surface area contributed by atoms with Crippen LogP contribution in [0.15, 0.2) is 24.3 Å². The summed E-state index contributed by atoms with van der Waals surface area (Å²) >= 11 is 0. The number of carboxylic acid groups (broad SMARTS) is 1. The molecule has 1 aromatic carbocycles. The second-order valence-electron chi connectivity index (χ2n) is 3.25. The first-order valence-electron chi connectivity index (χ1n) is 4.69. The molecule has 0 saturated carbocycles. The summed E-state index contributed by atoms with van der Waals surface area (Å²) < 4.78 is 33.4. The summed E-state index contributed by atoms with van der Waals surface area (Å²) in [6.45, 7) is -0.599. The fourth-order valence-electron chi connectivity index (χ4n) is 1.11. The maximum absolute atomic E-state index is 10.6. The van der Waals surface area contributed by atoms with E-state index in [4.69, 9.17) is 14.8 Å². The van der Waals surface area contributed by atoms with Gasteiger partial charge in [-0.1, -0.05) is 0 Å². The van der Waals surface area contributed by atoms with Crippen LogP contribution in [0.2, 0.25) is 0 Å². The van der Waals surface area contributed by atoms with E-state index in [2.05, 4.69) is 9.50 Å². The molecule has 0 fully saturated rings. The monoisotopic (exact) mass is 277 g/mol. The fourth-order valence-corrected chi connectivity index (χ4v) is 1.47. The first-order chi connectivity index (χ1) is 8.31. The highest BCUT2D eigenvalue weighted by atomic mass is 32.3. The number of aliphatic hydroxyl groups is 1. The van der Waals surface area contributed by atoms with Crippen LogP contribution in [0.3, 0.4) is 0 Å². The first kappa shape index (κ1) is 14.2. The first-order valence-corrected chi connectivity index (χ1v) is 6.05. The fraction of sp³-hybridized carbons (Fsp3) is 0.222. The average molecular weight is 277 g/mol. The molecule has 100 valence electrons. The molecule has 0 aliphatic heterocycles. The number of hydrogen-bond acceptors (Lipinski definition) is 6. The van der Waals surface area contributed by atoms with Crippen molar-refractivity contribution in [3.8, 4) is 5.75 Å². The summed E-state index contributed by atoms with van der Waals surface area (Å²) in [6, 6.07) is 3.94. The van der Waals surface area contributed by atoms with Gasteiger partial charge in [-0.3, -0.25) is 4.55 Å². The Morgan fingerprint density at radius 1 is 1.33 bits per heavy atom. The van der Waals surface area contributed by atoms with Crippen LogP contribution >= 0.6 is 0 Å². The Morgan fingerprint density at radius 2 is 1.89 bits per heavy atom. The summed E-state index contributed by atoms with van der Waals surface area (Å²) in [6.07, 6.45) is 0. The molecular weight excluding hydrogens is 266 g/mol. The van der Waals surface area contributed by atoms with Gasteiger partial charge in [-0.25, -0.2) is 4.79 Å². The third kappa shape index (κ3) is 4.57. The molecule has 0 unspecified atom stereocenters. The van der Waals surface area contributed by atoms with Crippen molar-refractivity contribution in [3.05, 3.63) is 24.3 Å². The summed E-state index contributed by atoms with van der Waals surface area (Å²) in [5.41, 5.74) is 0.346. The van der Waals surface area contributed by atoms with Crippen molar-refractivity contribution in [2.24, 2.45) is 0 Å². The zero-order chi connectivity index (χ0) is 13.8. The Balaban J connectivity index is 2.74. The molecule has 8 nitrogen and oxygen atoms in total. The van der Waals surface area contributed by atoms with E-state index < -0.39 is 29.0 Å². The molecule has 0 saturated heterocycles. The van der Waals surface area contributed by atoms with Crippen molar-refractivity contribution in [2.75, 3.05) is 11.9 Å². The lowest BCUT2D eigenvalue weighted by Gasteiger charge is -2.13. The third-order valence-corrected chi connectivity index (χ3v) is 2.28. The Bertz CT molecular complexity index is 510. The second-order valence-corrected chi connectivity index (χ2v) is 4.28. The van der Waals surface area contributed by atoms with Gasteiger partial charge in [0.2, 0.25) is 0 Å². The predicted molar refractivity (Wildman–Crippen MR) is 60.8 cm³/mol. The standard InChI is InChI=1S/C9H11NO7S/c11-5-8(9(12)13)10-6-1-3-7(4-2-6)17-18(14,15)16/h1-4,8,10-11H,5H2,(H,12,13)(H,14,15,16)/t8-/m0/s1. The van der Waals surface area contributed by atoms with Gasteiger partial charge in [0.05, 0.1) is 6.61 Å². The van der Waals surface area contributed by atoms with E-state index in [1.807, 2.05) is 0 Å². The van der Waals surface area contributed by atoms with E-state index in [0.717, 1.165) is 0 Å². The van der Waals surface area contributed by atoms with E-state index in [1.165, 1.54) is 24.3 Å². The molecule has 18 heavy (non-hydrogen) atoms. The van der Waals surface area contributed by atoms with Gasteiger partial charge in [0.15, 0.2) is 0 Å². The summed E-state index contributed by atoms with van der Waals surface area (Å²) in [5.74, 6) is -1.35. The summed E-state index contributed by atoms with van der Waals surface area (Å²) in [5, 5.41) is 20.0. The van der Waals surface area contributed by atoms with Crippen LogP contribution in [0.25, 0.3) is 0 Å². The van der Waals surface area contributed by atoms with Crippen LogP contribution in [0.1, 0.15) is 0 Å². The van der Waals surface area contributed by atoms with Gasteiger partial charge in [0, 0.05) is 5.69 Å². The Morgan fingerprint density at radius 3 is 2.28 bits per heavy atom. The topological polar surface area (TPSA) is 133 Å². The normalized spacial score (nSPS) is 12.8. The molecule has 1 atom stereocenters. The van der Waals surface area contributed by atoms with Gasteiger partial charge in [0.1, 0.15) is 11.8 Å². The molecule has 0 aromatic heterocycles. The molecule has 0 radical (unpaired) electrons. The quantitative estimate of drug-likeness (QED) is 0.522. The number of aliphatic carboxylic acids is 1. The van der Waals surface area contributed by atoms with Crippen molar-refractivity contribution in [1.82, 2.24) is 0 Å². The van der Waals surface area contributed by atoms with E-state index in [-0.39, 0.29) is 5.75 Å². The zero-order valence-electron chi connectivity index (χ0n) is 8.98. The Hall–Kier alpha value is -1.84. The van der Waals surface area contributed by atoms with Crippen LogP contribution in [0.4, 0.5) is 5.69 Å². The van der Waals surface area contributed by atoms with Crippen LogP contribution in [-0.2, 0) is 15.2 Å². The zero-order valence-corrected chi connectivity index (χ0v) is 9.79.